The van der Waals surface area contributed by atoms with Gasteiger partial charge in [0.25, 0.3) is 0 Å². The number of ether oxygens (including phenoxy) is 1. The van der Waals surface area contributed by atoms with Crippen LogP contribution in [0.4, 0.5) is 5.82 Å². The molecule has 0 aromatic carbocycles. The van der Waals surface area contributed by atoms with E-state index in [2.05, 4.69) is 55.6 Å². The summed E-state index contributed by atoms with van der Waals surface area (Å²) in [6.45, 7) is 11.2. The predicted octanol–water partition coefficient (Wildman–Crippen LogP) is 3.70. The van der Waals surface area contributed by atoms with Crippen LogP contribution in [0, 0.1) is 3.57 Å². The summed E-state index contributed by atoms with van der Waals surface area (Å²) < 4.78 is 6.73. The van der Waals surface area contributed by atoms with Crippen LogP contribution in [0.15, 0.2) is 0 Å². The molecule has 2 heterocycles. The maximum Gasteiger partial charge on any atom is 0.143 e. The Labute approximate surface area is 135 Å². The second-order valence-corrected chi connectivity index (χ2v) is 7.37. The number of nitrogens with one attached hydrogen (secondary N) is 1. The van der Waals surface area contributed by atoms with Gasteiger partial charge in [0.2, 0.25) is 0 Å². The fraction of sp³-hybridized carbons (Fsp3) is 0.733. The van der Waals surface area contributed by atoms with E-state index in [1.807, 2.05) is 0 Å². The Kier molecular flexibility index (Phi) is 5.23. The van der Waals surface area contributed by atoms with E-state index in [0.717, 1.165) is 53.5 Å². The Bertz CT molecular complexity index is 465. The van der Waals surface area contributed by atoms with E-state index in [1.54, 1.807) is 0 Å². The van der Waals surface area contributed by atoms with Crippen LogP contribution in [-0.2, 0) is 10.2 Å². The summed E-state index contributed by atoms with van der Waals surface area (Å²) in [5.74, 6) is 2.24. The lowest BCUT2D eigenvalue weighted by atomic mass is 9.91. The van der Waals surface area contributed by atoms with Gasteiger partial charge < -0.3 is 10.1 Å². The molecule has 0 bridgehead atoms. The Balaban J connectivity index is 2.43. The molecule has 1 atom stereocenters. The van der Waals surface area contributed by atoms with E-state index in [4.69, 9.17) is 14.7 Å². The highest BCUT2D eigenvalue weighted by Crippen LogP contribution is 2.32. The fourth-order valence-corrected chi connectivity index (χ4v) is 3.61. The normalized spacial score (nSPS) is 19.9. The molecular formula is C15H24IN3O. The molecule has 20 heavy (non-hydrogen) atoms. The maximum atomic E-state index is 5.59. The van der Waals surface area contributed by atoms with Crippen molar-refractivity contribution in [3.05, 3.63) is 15.1 Å². The van der Waals surface area contributed by atoms with E-state index in [1.165, 1.54) is 0 Å². The third kappa shape index (κ3) is 3.61. The number of halogens is 1. The summed E-state index contributed by atoms with van der Waals surface area (Å²) in [5.41, 5.74) is 1.15. The molecule has 1 aromatic heterocycles. The first-order chi connectivity index (χ1) is 9.43. The zero-order valence-electron chi connectivity index (χ0n) is 12.8. The molecule has 0 amide bonds. The first-order valence-electron chi connectivity index (χ1n) is 7.33. The van der Waals surface area contributed by atoms with Crippen molar-refractivity contribution in [1.29, 1.82) is 0 Å². The predicted molar refractivity (Wildman–Crippen MR) is 90.4 cm³/mol. The van der Waals surface area contributed by atoms with Gasteiger partial charge in [-0.25, -0.2) is 9.97 Å². The Morgan fingerprint density at radius 1 is 1.35 bits per heavy atom. The summed E-state index contributed by atoms with van der Waals surface area (Å²) in [6, 6.07) is 0. The van der Waals surface area contributed by atoms with Gasteiger partial charge in [0.1, 0.15) is 11.6 Å². The van der Waals surface area contributed by atoms with Crippen molar-refractivity contribution in [2.24, 2.45) is 0 Å². The van der Waals surface area contributed by atoms with E-state index in [9.17, 15) is 0 Å². The van der Waals surface area contributed by atoms with Crippen molar-refractivity contribution < 1.29 is 4.74 Å². The smallest absolute Gasteiger partial charge is 0.143 e. The van der Waals surface area contributed by atoms with Gasteiger partial charge in [0.15, 0.2) is 0 Å². The van der Waals surface area contributed by atoms with E-state index in [-0.39, 0.29) is 5.41 Å². The van der Waals surface area contributed by atoms with Gasteiger partial charge >= 0.3 is 0 Å². The number of aromatic nitrogens is 2. The van der Waals surface area contributed by atoms with Gasteiger partial charge in [-0.15, -0.1) is 0 Å². The van der Waals surface area contributed by atoms with Gasteiger partial charge in [-0.05, 0) is 42.4 Å². The molecule has 0 spiro atoms. The standard InChI is InChI=1S/C15H24IN3O/c1-5-17-14-11(16)12(15(2,3)4)18-13(19-14)10-7-6-8-20-9-10/h10H,5-9H2,1-4H3,(H,17,18,19). The van der Waals surface area contributed by atoms with Crippen LogP contribution in [0.2, 0.25) is 0 Å². The van der Waals surface area contributed by atoms with Crippen LogP contribution in [-0.4, -0.2) is 29.7 Å². The quantitative estimate of drug-likeness (QED) is 0.801. The fourth-order valence-electron chi connectivity index (χ4n) is 2.37. The third-order valence-corrected chi connectivity index (χ3v) is 4.47. The van der Waals surface area contributed by atoms with Crippen molar-refractivity contribution in [2.75, 3.05) is 25.1 Å². The SMILES string of the molecule is CCNc1nc(C2CCCOC2)nc(C(C)(C)C)c1I. The minimum Gasteiger partial charge on any atom is -0.381 e. The number of anilines is 1. The molecule has 0 saturated carbocycles. The summed E-state index contributed by atoms with van der Waals surface area (Å²) in [4.78, 5) is 9.62. The van der Waals surface area contributed by atoms with Crippen molar-refractivity contribution >= 4 is 28.4 Å². The molecular weight excluding hydrogens is 365 g/mol. The molecule has 0 radical (unpaired) electrons. The van der Waals surface area contributed by atoms with Gasteiger partial charge in [0.05, 0.1) is 15.9 Å². The van der Waals surface area contributed by atoms with Crippen LogP contribution in [0.25, 0.3) is 0 Å². The Morgan fingerprint density at radius 2 is 2.10 bits per heavy atom. The van der Waals surface area contributed by atoms with Crippen molar-refractivity contribution in [2.45, 2.75) is 51.9 Å². The van der Waals surface area contributed by atoms with E-state index >= 15 is 0 Å². The first-order valence-corrected chi connectivity index (χ1v) is 8.41. The average molecular weight is 389 g/mol. The van der Waals surface area contributed by atoms with Crippen LogP contribution in [0.5, 0.6) is 0 Å². The molecule has 1 aromatic rings. The van der Waals surface area contributed by atoms with Gasteiger partial charge in [-0.1, -0.05) is 20.8 Å². The summed E-state index contributed by atoms with van der Waals surface area (Å²) in [5, 5.41) is 3.37. The Morgan fingerprint density at radius 3 is 2.65 bits per heavy atom. The summed E-state index contributed by atoms with van der Waals surface area (Å²) in [6.07, 6.45) is 2.22. The largest absolute Gasteiger partial charge is 0.381 e. The molecule has 1 saturated heterocycles. The summed E-state index contributed by atoms with van der Waals surface area (Å²) >= 11 is 2.36. The lowest BCUT2D eigenvalue weighted by Gasteiger charge is -2.26. The Hall–Kier alpha value is -0.430. The van der Waals surface area contributed by atoms with Crippen LogP contribution < -0.4 is 5.32 Å². The monoisotopic (exact) mass is 389 g/mol. The molecule has 4 nitrogen and oxygen atoms in total. The lowest BCUT2D eigenvalue weighted by Crippen LogP contribution is -2.24. The van der Waals surface area contributed by atoms with Crippen molar-refractivity contribution in [3.63, 3.8) is 0 Å². The minimum atomic E-state index is 0.0217. The zero-order valence-corrected chi connectivity index (χ0v) is 15.0. The lowest BCUT2D eigenvalue weighted by molar-refractivity contribution is 0.0779. The molecule has 5 heteroatoms. The molecule has 1 N–H and O–H groups in total. The zero-order chi connectivity index (χ0) is 14.8. The number of hydrogen-bond acceptors (Lipinski definition) is 4. The second kappa shape index (κ2) is 6.56. The van der Waals surface area contributed by atoms with Gasteiger partial charge in [0, 0.05) is 24.5 Å². The maximum absolute atomic E-state index is 5.59. The van der Waals surface area contributed by atoms with Crippen LogP contribution in [0.1, 0.15) is 58.0 Å². The molecule has 0 aliphatic carbocycles. The molecule has 112 valence electrons. The number of nitrogens with zero attached hydrogens (tertiary/aromatic N) is 2. The topological polar surface area (TPSA) is 47.0 Å². The second-order valence-electron chi connectivity index (χ2n) is 6.29. The van der Waals surface area contributed by atoms with E-state index in [0.29, 0.717) is 5.92 Å². The minimum absolute atomic E-state index is 0.0217. The van der Waals surface area contributed by atoms with Crippen molar-refractivity contribution in [3.8, 4) is 0 Å². The molecule has 1 fully saturated rings. The average Bonchev–Trinajstić information content (AvgIpc) is 2.41. The number of rotatable bonds is 3. The molecule has 1 unspecified atom stereocenters. The molecule has 1 aliphatic heterocycles. The van der Waals surface area contributed by atoms with Gasteiger partial charge in [-0.3, -0.25) is 0 Å². The highest BCUT2D eigenvalue weighted by molar-refractivity contribution is 14.1. The van der Waals surface area contributed by atoms with Crippen molar-refractivity contribution in [1.82, 2.24) is 9.97 Å². The molecule has 1 aliphatic rings. The van der Waals surface area contributed by atoms with Gasteiger partial charge in [-0.2, -0.15) is 0 Å². The highest BCUT2D eigenvalue weighted by atomic mass is 127. The molecule has 2 rings (SSSR count). The summed E-state index contributed by atoms with van der Waals surface area (Å²) in [7, 11) is 0. The van der Waals surface area contributed by atoms with Crippen LogP contribution in [0.3, 0.4) is 0 Å². The highest BCUT2D eigenvalue weighted by Gasteiger charge is 2.26. The van der Waals surface area contributed by atoms with E-state index < -0.39 is 0 Å². The first kappa shape index (κ1) is 15.9. The number of hydrogen-bond donors (Lipinski definition) is 1. The third-order valence-electron chi connectivity index (χ3n) is 3.45. The van der Waals surface area contributed by atoms with Crippen LogP contribution >= 0.6 is 22.6 Å².